The van der Waals surface area contributed by atoms with E-state index in [9.17, 15) is 13.2 Å². The third-order valence-electron chi connectivity index (χ3n) is 4.19. The first-order valence-electron chi connectivity index (χ1n) is 7.79. The van der Waals surface area contributed by atoms with E-state index in [-0.39, 0.29) is 27.4 Å². The predicted molar refractivity (Wildman–Crippen MR) is 106 cm³/mol. The van der Waals surface area contributed by atoms with Gasteiger partial charge in [0.15, 0.2) is 0 Å². The van der Waals surface area contributed by atoms with Crippen molar-refractivity contribution in [3.05, 3.63) is 57.6 Å². The molecule has 0 unspecified atom stereocenters. The summed E-state index contributed by atoms with van der Waals surface area (Å²) in [5, 5.41) is 0.302. The summed E-state index contributed by atoms with van der Waals surface area (Å²) in [4.78, 5) is 13.8. The van der Waals surface area contributed by atoms with E-state index in [0.717, 1.165) is 15.4 Å². The number of carbonyl (C=O) groups excluding carboxylic acids is 1. The van der Waals surface area contributed by atoms with Gasteiger partial charge in [-0.2, -0.15) is 4.31 Å². The zero-order valence-corrected chi connectivity index (χ0v) is 17.3. The first kappa shape index (κ1) is 20.7. The minimum absolute atomic E-state index is 0.0520. The van der Waals surface area contributed by atoms with Crippen molar-refractivity contribution in [1.82, 2.24) is 4.31 Å². The molecule has 0 fully saturated rings. The third-order valence-corrected chi connectivity index (χ3v) is 6.71. The minimum atomic E-state index is -3.95. The first-order valence-corrected chi connectivity index (χ1v) is 9.99. The van der Waals surface area contributed by atoms with Crippen molar-refractivity contribution >= 4 is 44.8 Å². The Morgan fingerprint density at radius 3 is 2.27 bits per heavy atom. The van der Waals surface area contributed by atoms with Crippen LogP contribution < -0.4 is 4.90 Å². The van der Waals surface area contributed by atoms with E-state index in [4.69, 9.17) is 23.2 Å². The number of anilines is 1. The third kappa shape index (κ3) is 4.38. The molecule has 0 spiro atoms. The van der Waals surface area contributed by atoms with Gasteiger partial charge in [0, 0.05) is 24.8 Å². The molecule has 0 N–H and O–H groups in total. The smallest absolute Gasteiger partial charge is 0.244 e. The van der Waals surface area contributed by atoms with Gasteiger partial charge in [0.2, 0.25) is 15.9 Å². The molecule has 2 aromatic rings. The van der Waals surface area contributed by atoms with Crippen LogP contribution in [0.2, 0.25) is 10.0 Å². The quantitative estimate of drug-likeness (QED) is 0.745. The average molecular weight is 415 g/mol. The Labute approximate surface area is 164 Å². The highest BCUT2D eigenvalue weighted by Crippen LogP contribution is 2.27. The normalized spacial score (nSPS) is 11.7. The SMILES string of the molecule is Cc1ccc(N(C)C(=O)CN(C)S(=O)(=O)c2cc(Cl)ccc2Cl)cc1C. The van der Waals surface area contributed by atoms with E-state index in [0.29, 0.717) is 5.69 Å². The van der Waals surface area contributed by atoms with Crippen molar-refractivity contribution in [1.29, 1.82) is 0 Å². The molecule has 2 aromatic carbocycles. The number of benzene rings is 2. The van der Waals surface area contributed by atoms with Gasteiger partial charge in [0.05, 0.1) is 11.6 Å². The molecule has 2 rings (SSSR count). The second kappa shape index (κ2) is 7.96. The molecule has 8 heteroatoms. The fourth-order valence-corrected chi connectivity index (χ4v) is 4.16. The van der Waals surface area contributed by atoms with Crippen LogP contribution in [0.3, 0.4) is 0 Å². The monoisotopic (exact) mass is 414 g/mol. The number of halogens is 2. The first-order chi connectivity index (χ1) is 12.0. The minimum Gasteiger partial charge on any atom is -0.314 e. The summed E-state index contributed by atoms with van der Waals surface area (Å²) in [5.74, 6) is -0.363. The Morgan fingerprint density at radius 1 is 1.00 bits per heavy atom. The molecule has 26 heavy (non-hydrogen) atoms. The number of nitrogens with zero attached hydrogens (tertiary/aromatic N) is 2. The molecule has 0 atom stereocenters. The van der Waals surface area contributed by atoms with Gasteiger partial charge in [0.25, 0.3) is 0 Å². The predicted octanol–water partition coefficient (Wildman–Crippen LogP) is 3.89. The van der Waals surface area contributed by atoms with E-state index in [2.05, 4.69) is 0 Å². The zero-order valence-electron chi connectivity index (χ0n) is 15.0. The maximum absolute atomic E-state index is 12.7. The van der Waals surface area contributed by atoms with E-state index < -0.39 is 10.0 Å². The van der Waals surface area contributed by atoms with Crippen molar-refractivity contribution in [3.8, 4) is 0 Å². The van der Waals surface area contributed by atoms with Crippen molar-refractivity contribution in [3.63, 3.8) is 0 Å². The van der Waals surface area contributed by atoms with Gasteiger partial charge in [-0.15, -0.1) is 0 Å². The Kier molecular flexibility index (Phi) is 6.34. The lowest BCUT2D eigenvalue weighted by Gasteiger charge is -2.23. The largest absolute Gasteiger partial charge is 0.314 e. The van der Waals surface area contributed by atoms with Crippen LogP contribution in [0.5, 0.6) is 0 Å². The Hall–Kier alpha value is -1.60. The van der Waals surface area contributed by atoms with Gasteiger partial charge in [-0.25, -0.2) is 8.42 Å². The molecule has 140 valence electrons. The van der Waals surface area contributed by atoms with E-state index in [1.807, 2.05) is 32.0 Å². The molecule has 0 saturated heterocycles. The Balaban J connectivity index is 2.22. The second-order valence-corrected chi connectivity index (χ2v) is 8.91. The summed E-state index contributed by atoms with van der Waals surface area (Å²) in [6.07, 6.45) is 0. The van der Waals surface area contributed by atoms with Crippen molar-refractivity contribution in [2.75, 3.05) is 25.5 Å². The van der Waals surface area contributed by atoms with Gasteiger partial charge < -0.3 is 4.90 Å². The maximum atomic E-state index is 12.7. The molecular weight excluding hydrogens is 395 g/mol. The van der Waals surface area contributed by atoms with Gasteiger partial charge in [-0.1, -0.05) is 29.3 Å². The van der Waals surface area contributed by atoms with Crippen LogP contribution in [-0.2, 0) is 14.8 Å². The number of likely N-dealkylation sites (N-methyl/N-ethyl adjacent to an activating group) is 2. The zero-order chi connectivity index (χ0) is 19.6. The topological polar surface area (TPSA) is 57.7 Å². The Bertz CT molecular complexity index is 945. The molecule has 1 amide bonds. The highest BCUT2D eigenvalue weighted by atomic mass is 35.5. The summed E-state index contributed by atoms with van der Waals surface area (Å²) in [5.41, 5.74) is 2.86. The molecular formula is C18H20Cl2N2O3S. The molecule has 0 aliphatic rings. The van der Waals surface area contributed by atoms with Crippen LogP contribution in [-0.4, -0.2) is 39.3 Å². The molecule has 0 bridgehead atoms. The van der Waals surface area contributed by atoms with E-state index in [1.165, 1.54) is 30.1 Å². The molecule has 0 aliphatic heterocycles. The van der Waals surface area contributed by atoms with Crippen LogP contribution in [0, 0.1) is 13.8 Å². The highest BCUT2D eigenvalue weighted by molar-refractivity contribution is 7.89. The van der Waals surface area contributed by atoms with Gasteiger partial charge >= 0.3 is 0 Å². The molecule has 0 radical (unpaired) electrons. The van der Waals surface area contributed by atoms with Gasteiger partial charge in [-0.3, -0.25) is 4.79 Å². The summed E-state index contributed by atoms with van der Waals surface area (Å²) in [6, 6.07) is 9.81. The lowest BCUT2D eigenvalue weighted by atomic mass is 10.1. The molecule has 0 aliphatic carbocycles. The maximum Gasteiger partial charge on any atom is 0.244 e. The van der Waals surface area contributed by atoms with Crippen molar-refractivity contribution in [2.24, 2.45) is 0 Å². The summed E-state index contributed by atoms with van der Waals surface area (Å²) in [7, 11) is -1.01. The number of amides is 1. The van der Waals surface area contributed by atoms with Crippen LogP contribution in [0.1, 0.15) is 11.1 Å². The molecule has 0 saturated carbocycles. The molecule has 0 aromatic heterocycles. The lowest BCUT2D eigenvalue weighted by Crippen LogP contribution is -2.39. The fraction of sp³-hybridized carbons (Fsp3) is 0.278. The highest BCUT2D eigenvalue weighted by Gasteiger charge is 2.27. The number of hydrogen-bond donors (Lipinski definition) is 0. The number of rotatable bonds is 5. The number of carbonyl (C=O) groups is 1. The van der Waals surface area contributed by atoms with Crippen LogP contribution >= 0.6 is 23.2 Å². The van der Waals surface area contributed by atoms with Crippen molar-refractivity contribution in [2.45, 2.75) is 18.7 Å². The fourth-order valence-electron chi connectivity index (χ4n) is 2.30. The second-order valence-electron chi connectivity index (χ2n) is 6.06. The molecule has 0 heterocycles. The number of hydrogen-bond acceptors (Lipinski definition) is 3. The van der Waals surface area contributed by atoms with Crippen molar-refractivity contribution < 1.29 is 13.2 Å². The van der Waals surface area contributed by atoms with Crippen LogP contribution in [0.25, 0.3) is 0 Å². The van der Waals surface area contributed by atoms with Crippen LogP contribution in [0.15, 0.2) is 41.3 Å². The van der Waals surface area contributed by atoms with Gasteiger partial charge in [0.1, 0.15) is 4.90 Å². The average Bonchev–Trinajstić information content (AvgIpc) is 2.58. The van der Waals surface area contributed by atoms with Crippen LogP contribution in [0.4, 0.5) is 5.69 Å². The lowest BCUT2D eigenvalue weighted by molar-refractivity contribution is -0.118. The van der Waals surface area contributed by atoms with E-state index >= 15 is 0 Å². The Morgan fingerprint density at radius 2 is 1.65 bits per heavy atom. The summed E-state index contributed by atoms with van der Waals surface area (Å²) < 4.78 is 26.4. The van der Waals surface area contributed by atoms with Gasteiger partial charge in [-0.05, 0) is 55.3 Å². The number of aryl methyl sites for hydroxylation is 2. The molecule has 5 nitrogen and oxygen atoms in total. The summed E-state index contributed by atoms with van der Waals surface area (Å²) in [6.45, 7) is 3.61. The summed E-state index contributed by atoms with van der Waals surface area (Å²) >= 11 is 11.9. The number of sulfonamides is 1. The standard InChI is InChI=1S/C18H20Cl2N2O3S/c1-12-5-7-15(9-13(12)2)22(4)18(23)11-21(3)26(24,25)17-10-14(19)6-8-16(17)20/h5-10H,11H2,1-4H3. The van der Waals surface area contributed by atoms with E-state index in [1.54, 1.807) is 7.05 Å².